The molecule has 0 atom stereocenters. The van der Waals surface area contributed by atoms with Crippen LogP contribution in [0.5, 0.6) is 0 Å². The van der Waals surface area contributed by atoms with E-state index in [1.807, 2.05) is 42.8 Å². The highest BCUT2D eigenvalue weighted by Crippen LogP contribution is 2.29. The number of anilines is 3. The summed E-state index contributed by atoms with van der Waals surface area (Å²) in [4.78, 5) is 9.86. The molecule has 96 valence electrons. The predicted molar refractivity (Wildman–Crippen MR) is 84.4 cm³/mol. The Hall–Kier alpha value is -1.66. The van der Waals surface area contributed by atoms with Gasteiger partial charge in [0.2, 0.25) is 5.95 Å². The van der Waals surface area contributed by atoms with Crippen molar-refractivity contribution in [1.29, 1.82) is 0 Å². The van der Waals surface area contributed by atoms with Crippen LogP contribution in [-0.2, 0) is 0 Å². The molecule has 6 heteroatoms. The lowest BCUT2D eigenvalue weighted by atomic mass is 10.3. The number of nitrogens with one attached hydrogen (secondary N) is 2. The third kappa shape index (κ3) is 2.54. The quantitative estimate of drug-likeness (QED) is 0.752. The summed E-state index contributed by atoms with van der Waals surface area (Å²) in [6.45, 7) is 0. The predicted octanol–water partition coefficient (Wildman–Crippen LogP) is 4.24. The van der Waals surface area contributed by atoms with Crippen LogP contribution in [-0.4, -0.2) is 17.0 Å². The van der Waals surface area contributed by atoms with Crippen molar-refractivity contribution < 1.29 is 0 Å². The summed E-state index contributed by atoms with van der Waals surface area (Å²) in [6.07, 6.45) is 0. The Morgan fingerprint density at radius 1 is 1.21 bits per heavy atom. The lowest BCUT2D eigenvalue weighted by Gasteiger charge is -2.08. The zero-order valence-electron chi connectivity index (χ0n) is 10.1. The van der Waals surface area contributed by atoms with Crippen molar-refractivity contribution in [2.45, 2.75) is 0 Å². The summed E-state index contributed by atoms with van der Waals surface area (Å²) in [7, 11) is 1.82. The number of fused-ring (bicyclic) bond motifs is 1. The molecule has 1 aromatic carbocycles. The average Bonchev–Trinajstić information content (AvgIpc) is 2.87. The van der Waals surface area contributed by atoms with Crippen molar-refractivity contribution in [3.05, 3.63) is 40.2 Å². The van der Waals surface area contributed by atoms with E-state index in [2.05, 4.69) is 36.5 Å². The Balaban J connectivity index is 2.06. The minimum absolute atomic E-state index is 0.618. The summed E-state index contributed by atoms with van der Waals surface area (Å²) >= 11 is 5.07. The Morgan fingerprint density at radius 3 is 2.89 bits per heavy atom. The van der Waals surface area contributed by atoms with Crippen LogP contribution in [0.15, 0.2) is 40.2 Å². The van der Waals surface area contributed by atoms with Crippen molar-refractivity contribution >= 4 is 54.9 Å². The van der Waals surface area contributed by atoms with E-state index in [0.29, 0.717) is 5.95 Å². The maximum absolute atomic E-state index is 4.47. The van der Waals surface area contributed by atoms with E-state index in [4.69, 9.17) is 0 Å². The molecule has 2 N–H and O–H groups in total. The maximum Gasteiger partial charge on any atom is 0.225 e. The summed E-state index contributed by atoms with van der Waals surface area (Å²) < 4.78 is 1.03. The monoisotopic (exact) mass is 334 g/mol. The highest BCUT2D eigenvalue weighted by molar-refractivity contribution is 9.10. The van der Waals surface area contributed by atoms with E-state index in [9.17, 15) is 0 Å². The molecule has 0 aliphatic rings. The minimum Gasteiger partial charge on any atom is -0.357 e. The van der Waals surface area contributed by atoms with Gasteiger partial charge in [0.1, 0.15) is 10.6 Å². The van der Waals surface area contributed by atoms with Gasteiger partial charge >= 0.3 is 0 Å². The van der Waals surface area contributed by atoms with Gasteiger partial charge in [0.25, 0.3) is 0 Å². The second kappa shape index (κ2) is 5.14. The first-order valence-electron chi connectivity index (χ1n) is 5.72. The first-order chi connectivity index (χ1) is 9.26. The van der Waals surface area contributed by atoms with Crippen LogP contribution < -0.4 is 10.6 Å². The molecule has 0 unspecified atom stereocenters. The number of hydrogen-bond acceptors (Lipinski definition) is 5. The van der Waals surface area contributed by atoms with Gasteiger partial charge in [0.15, 0.2) is 0 Å². The molecule has 0 saturated carbocycles. The highest BCUT2D eigenvalue weighted by Gasteiger charge is 2.08. The van der Waals surface area contributed by atoms with Crippen molar-refractivity contribution in [2.75, 3.05) is 17.7 Å². The van der Waals surface area contributed by atoms with Crippen LogP contribution in [0.1, 0.15) is 0 Å². The molecule has 19 heavy (non-hydrogen) atoms. The van der Waals surface area contributed by atoms with Gasteiger partial charge < -0.3 is 10.6 Å². The summed E-state index contributed by atoms with van der Waals surface area (Å²) in [6, 6.07) is 10.0. The first-order valence-corrected chi connectivity index (χ1v) is 7.39. The van der Waals surface area contributed by atoms with E-state index in [1.54, 1.807) is 11.3 Å². The molecule has 0 amide bonds. The largest absolute Gasteiger partial charge is 0.357 e. The van der Waals surface area contributed by atoms with Crippen molar-refractivity contribution in [3.8, 4) is 0 Å². The normalized spacial score (nSPS) is 10.6. The van der Waals surface area contributed by atoms with Gasteiger partial charge in [-0.2, -0.15) is 4.98 Å². The molecule has 2 aromatic heterocycles. The Kier molecular flexibility index (Phi) is 3.35. The lowest BCUT2D eigenvalue weighted by Crippen LogP contribution is -2.00. The van der Waals surface area contributed by atoms with Crippen LogP contribution in [0.3, 0.4) is 0 Å². The second-order valence-corrected chi connectivity index (χ2v) is 5.73. The van der Waals surface area contributed by atoms with E-state index < -0.39 is 0 Å². The minimum atomic E-state index is 0.618. The molecule has 4 nitrogen and oxygen atoms in total. The standard InChI is InChI=1S/C13H11BrN4S/c1-15-13-17-11(10-5-6-19-12(10)18-13)16-9-4-2-3-8(14)7-9/h2-7H,1H3,(H2,15,16,17,18). The first kappa shape index (κ1) is 12.4. The fourth-order valence-corrected chi connectivity index (χ4v) is 2.93. The van der Waals surface area contributed by atoms with E-state index in [1.165, 1.54) is 0 Å². The molecule has 0 aliphatic heterocycles. The van der Waals surface area contributed by atoms with Crippen LogP contribution in [0.2, 0.25) is 0 Å². The second-order valence-electron chi connectivity index (χ2n) is 3.92. The molecule has 3 rings (SSSR count). The third-order valence-corrected chi connectivity index (χ3v) is 3.94. The number of thiophene rings is 1. The molecule has 0 saturated heterocycles. The van der Waals surface area contributed by atoms with E-state index >= 15 is 0 Å². The molecule has 0 spiro atoms. The van der Waals surface area contributed by atoms with Gasteiger partial charge in [0.05, 0.1) is 5.39 Å². The molecule has 0 aliphatic carbocycles. The molecule has 0 bridgehead atoms. The van der Waals surface area contributed by atoms with Crippen LogP contribution in [0, 0.1) is 0 Å². The number of hydrogen-bond donors (Lipinski definition) is 2. The average molecular weight is 335 g/mol. The Morgan fingerprint density at radius 2 is 2.11 bits per heavy atom. The number of nitrogens with zero attached hydrogens (tertiary/aromatic N) is 2. The van der Waals surface area contributed by atoms with Crippen molar-refractivity contribution in [3.63, 3.8) is 0 Å². The Labute approximate surface area is 123 Å². The molecule has 0 fully saturated rings. The number of aromatic nitrogens is 2. The smallest absolute Gasteiger partial charge is 0.225 e. The lowest BCUT2D eigenvalue weighted by molar-refractivity contribution is 1.20. The Bertz CT molecular complexity index is 725. The third-order valence-electron chi connectivity index (χ3n) is 2.64. The molecule has 2 heterocycles. The molecule has 0 radical (unpaired) electrons. The van der Waals surface area contributed by atoms with Crippen LogP contribution in [0.4, 0.5) is 17.5 Å². The van der Waals surface area contributed by atoms with Crippen molar-refractivity contribution in [1.82, 2.24) is 9.97 Å². The molecule has 3 aromatic rings. The zero-order valence-corrected chi connectivity index (χ0v) is 12.5. The molecular formula is C13H11BrN4S. The fourth-order valence-electron chi connectivity index (χ4n) is 1.77. The van der Waals surface area contributed by atoms with Gasteiger partial charge in [0, 0.05) is 17.2 Å². The fraction of sp³-hybridized carbons (Fsp3) is 0.0769. The zero-order chi connectivity index (χ0) is 13.2. The van der Waals surface area contributed by atoms with Gasteiger partial charge in [-0.05, 0) is 29.6 Å². The van der Waals surface area contributed by atoms with E-state index in [0.717, 1.165) is 26.2 Å². The van der Waals surface area contributed by atoms with E-state index in [-0.39, 0.29) is 0 Å². The summed E-state index contributed by atoms with van der Waals surface area (Å²) in [5.41, 5.74) is 0.989. The van der Waals surface area contributed by atoms with Crippen molar-refractivity contribution in [2.24, 2.45) is 0 Å². The van der Waals surface area contributed by atoms with Gasteiger partial charge in [-0.25, -0.2) is 4.98 Å². The number of benzene rings is 1. The summed E-state index contributed by atoms with van der Waals surface area (Å²) in [5.74, 6) is 1.43. The molecular weight excluding hydrogens is 324 g/mol. The highest BCUT2D eigenvalue weighted by atomic mass is 79.9. The summed E-state index contributed by atoms with van der Waals surface area (Å²) in [5, 5.41) is 9.37. The number of rotatable bonds is 3. The van der Waals surface area contributed by atoms with Gasteiger partial charge in [-0.15, -0.1) is 11.3 Å². The van der Waals surface area contributed by atoms with Gasteiger partial charge in [-0.1, -0.05) is 22.0 Å². The van der Waals surface area contributed by atoms with Gasteiger partial charge in [-0.3, -0.25) is 0 Å². The van der Waals surface area contributed by atoms with Crippen LogP contribution in [0.25, 0.3) is 10.2 Å². The number of halogens is 1. The topological polar surface area (TPSA) is 49.8 Å². The maximum atomic E-state index is 4.47. The van der Waals surface area contributed by atoms with Crippen LogP contribution >= 0.6 is 27.3 Å². The SMILES string of the molecule is CNc1nc(Nc2cccc(Br)c2)c2ccsc2n1.